The Morgan fingerprint density at radius 1 is 1.40 bits per heavy atom. The summed E-state index contributed by atoms with van der Waals surface area (Å²) in [7, 11) is 0. The van der Waals surface area contributed by atoms with Crippen LogP contribution < -0.4 is 5.73 Å². The summed E-state index contributed by atoms with van der Waals surface area (Å²) >= 11 is 1.74. The van der Waals surface area contributed by atoms with E-state index >= 15 is 0 Å². The molecule has 0 aliphatic heterocycles. The second kappa shape index (κ2) is 6.12. The van der Waals surface area contributed by atoms with Crippen molar-refractivity contribution in [3.8, 4) is 0 Å². The van der Waals surface area contributed by atoms with Gasteiger partial charge in [0, 0.05) is 18.2 Å². The summed E-state index contributed by atoms with van der Waals surface area (Å²) in [4.78, 5) is 4.31. The Labute approximate surface area is 95.0 Å². The van der Waals surface area contributed by atoms with E-state index in [2.05, 4.69) is 24.0 Å². The van der Waals surface area contributed by atoms with Crippen molar-refractivity contribution in [2.24, 2.45) is 11.7 Å². The highest BCUT2D eigenvalue weighted by atomic mass is 32.2. The average molecular weight is 229 g/mol. The van der Waals surface area contributed by atoms with Gasteiger partial charge in [0.25, 0.3) is 0 Å². The predicted octanol–water partition coefficient (Wildman–Crippen LogP) is 1.85. The maximum atomic E-state index is 5.64. The van der Waals surface area contributed by atoms with Gasteiger partial charge in [-0.25, -0.2) is 0 Å². The van der Waals surface area contributed by atoms with Crippen molar-refractivity contribution in [3.63, 3.8) is 0 Å². The molecule has 0 saturated carbocycles. The lowest BCUT2D eigenvalue weighted by atomic mass is 10.1. The normalized spacial score (nSPS) is 13.4. The Kier molecular flexibility index (Phi) is 5.11. The van der Waals surface area contributed by atoms with E-state index in [9.17, 15) is 0 Å². The van der Waals surface area contributed by atoms with Crippen LogP contribution >= 0.6 is 11.8 Å². The summed E-state index contributed by atoms with van der Waals surface area (Å²) < 4.78 is 5.13. The summed E-state index contributed by atoms with van der Waals surface area (Å²) in [6.45, 7) is 6.26. The van der Waals surface area contributed by atoms with Crippen LogP contribution in [0.15, 0.2) is 4.52 Å². The largest absolute Gasteiger partial charge is 0.339 e. The molecule has 0 aromatic carbocycles. The zero-order chi connectivity index (χ0) is 11.3. The van der Waals surface area contributed by atoms with Crippen LogP contribution in [0.1, 0.15) is 32.5 Å². The third kappa shape index (κ3) is 5.18. The first-order valence-electron chi connectivity index (χ1n) is 5.22. The van der Waals surface area contributed by atoms with Crippen LogP contribution in [0.3, 0.4) is 0 Å². The van der Waals surface area contributed by atoms with Crippen LogP contribution in [-0.2, 0) is 12.2 Å². The second-order valence-corrected chi connectivity index (χ2v) is 5.22. The molecule has 1 rings (SSSR count). The molecule has 4 nitrogen and oxygen atoms in total. The Hall–Kier alpha value is -0.550. The van der Waals surface area contributed by atoms with Gasteiger partial charge in [-0.05, 0) is 12.8 Å². The molecule has 1 heterocycles. The highest BCUT2D eigenvalue weighted by Crippen LogP contribution is 2.11. The molecule has 1 aromatic rings. The molecule has 5 heteroatoms. The van der Waals surface area contributed by atoms with E-state index in [1.807, 2.05) is 6.92 Å². The lowest BCUT2D eigenvalue weighted by Gasteiger charge is -2.01. The Bertz CT molecular complexity index is 286. The molecular formula is C10H19N3OS. The maximum absolute atomic E-state index is 5.64. The van der Waals surface area contributed by atoms with Gasteiger partial charge in [0.15, 0.2) is 5.82 Å². The fraction of sp³-hybridized carbons (Fsp3) is 0.800. The molecule has 0 bridgehead atoms. The number of nitrogens with zero attached hydrogens (tertiary/aromatic N) is 2. The minimum Gasteiger partial charge on any atom is -0.339 e. The number of aromatic nitrogens is 2. The summed E-state index contributed by atoms with van der Waals surface area (Å²) in [5.41, 5.74) is 5.64. The first kappa shape index (κ1) is 12.5. The monoisotopic (exact) mass is 229 g/mol. The van der Waals surface area contributed by atoms with Crippen molar-refractivity contribution in [3.05, 3.63) is 11.7 Å². The zero-order valence-corrected chi connectivity index (χ0v) is 10.4. The molecule has 1 unspecified atom stereocenters. The topological polar surface area (TPSA) is 64.9 Å². The standard InChI is InChI=1S/C10H19N3OS/c1-7(2)4-10-12-9(13-14-10)6-15-5-8(3)11/h7-8H,4-6,11H2,1-3H3. The molecule has 0 aliphatic carbocycles. The molecule has 0 spiro atoms. The second-order valence-electron chi connectivity index (χ2n) is 4.19. The predicted molar refractivity (Wildman–Crippen MR) is 62.7 cm³/mol. The smallest absolute Gasteiger partial charge is 0.226 e. The van der Waals surface area contributed by atoms with Gasteiger partial charge in [0.1, 0.15) is 0 Å². The molecule has 1 atom stereocenters. The summed E-state index contributed by atoms with van der Waals surface area (Å²) in [5.74, 6) is 3.77. The van der Waals surface area contributed by atoms with Crippen LogP contribution in [0, 0.1) is 5.92 Å². The van der Waals surface area contributed by atoms with Gasteiger partial charge in [-0.1, -0.05) is 19.0 Å². The molecular weight excluding hydrogens is 210 g/mol. The van der Waals surface area contributed by atoms with Crippen molar-refractivity contribution in [1.29, 1.82) is 0 Å². The molecule has 1 aromatic heterocycles. The highest BCUT2D eigenvalue weighted by molar-refractivity contribution is 7.98. The molecule has 2 N–H and O–H groups in total. The first-order chi connectivity index (χ1) is 7.08. The summed E-state index contributed by atoms with van der Waals surface area (Å²) in [6.07, 6.45) is 0.852. The average Bonchev–Trinajstić information content (AvgIpc) is 2.50. The van der Waals surface area contributed by atoms with Crippen LogP contribution in [0.2, 0.25) is 0 Å². The number of hydrogen-bond donors (Lipinski definition) is 1. The first-order valence-corrected chi connectivity index (χ1v) is 6.38. The fourth-order valence-electron chi connectivity index (χ4n) is 1.12. The van der Waals surface area contributed by atoms with Gasteiger partial charge in [-0.2, -0.15) is 16.7 Å². The van der Waals surface area contributed by atoms with Crippen molar-refractivity contribution in [1.82, 2.24) is 10.1 Å². The van der Waals surface area contributed by atoms with Crippen molar-refractivity contribution in [2.45, 2.75) is 39.0 Å². The van der Waals surface area contributed by atoms with Gasteiger partial charge >= 0.3 is 0 Å². The molecule has 0 amide bonds. The van der Waals surface area contributed by atoms with Gasteiger partial charge < -0.3 is 10.3 Å². The quantitative estimate of drug-likeness (QED) is 0.806. The fourth-order valence-corrected chi connectivity index (χ4v) is 1.91. The van der Waals surface area contributed by atoms with Crippen LogP contribution in [0.4, 0.5) is 0 Å². The van der Waals surface area contributed by atoms with E-state index in [0.29, 0.717) is 5.92 Å². The van der Waals surface area contributed by atoms with E-state index in [1.54, 1.807) is 11.8 Å². The van der Waals surface area contributed by atoms with E-state index in [0.717, 1.165) is 29.6 Å². The third-order valence-electron chi connectivity index (χ3n) is 1.70. The van der Waals surface area contributed by atoms with Crippen LogP contribution in [-0.4, -0.2) is 21.9 Å². The number of nitrogens with two attached hydrogens (primary N) is 1. The SMILES string of the molecule is CC(C)Cc1nc(CSCC(C)N)no1. The Morgan fingerprint density at radius 3 is 2.73 bits per heavy atom. The maximum Gasteiger partial charge on any atom is 0.226 e. The molecule has 0 fully saturated rings. The molecule has 0 aliphatic rings. The van der Waals surface area contributed by atoms with E-state index in [-0.39, 0.29) is 6.04 Å². The van der Waals surface area contributed by atoms with Gasteiger partial charge in [-0.15, -0.1) is 0 Å². The lowest BCUT2D eigenvalue weighted by Crippen LogP contribution is -2.17. The summed E-state index contributed by atoms with van der Waals surface area (Å²) in [5, 5.41) is 3.92. The number of thioether (sulfide) groups is 1. The van der Waals surface area contributed by atoms with E-state index < -0.39 is 0 Å². The minimum atomic E-state index is 0.219. The molecule has 86 valence electrons. The van der Waals surface area contributed by atoms with Crippen LogP contribution in [0.5, 0.6) is 0 Å². The van der Waals surface area contributed by atoms with E-state index in [4.69, 9.17) is 10.3 Å². The Balaban J connectivity index is 2.33. The molecule has 0 radical (unpaired) electrons. The minimum absolute atomic E-state index is 0.219. The van der Waals surface area contributed by atoms with Gasteiger partial charge in [0.05, 0.1) is 5.75 Å². The number of rotatable bonds is 6. The third-order valence-corrected chi connectivity index (χ3v) is 2.93. The van der Waals surface area contributed by atoms with Crippen molar-refractivity contribution < 1.29 is 4.52 Å². The zero-order valence-electron chi connectivity index (χ0n) is 9.56. The van der Waals surface area contributed by atoms with E-state index in [1.165, 1.54) is 0 Å². The molecule has 15 heavy (non-hydrogen) atoms. The van der Waals surface area contributed by atoms with Crippen LogP contribution in [0.25, 0.3) is 0 Å². The lowest BCUT2D eigenvalue weighted by molar-refractivity contribution is 0.360. The van der Waals surface area contributed by atoms with Crippen molar-refractivity contribution >= 4 is 11.8 Å². The highest BCUT2D eigenvalue weighted by Gasteiger charge is 2.08. The van der Waals surface area contributed by atoms with Gasteiger partial charge in [0.2, 0.25) is 5.89 Å². The van der Waals surface area contributed by atoms with Crippen molar-refractivity contribution in [2.75, 3.05) is 5.75 Å². The summed E-state index contributed by atoms with van der Waals surface area (Å²) in [6, 6.07) is 0.219. The number of hydrogen-bond acceptors (Lipinski definition) is 5. The van der Waals surface area contributed by atoms with Gasteiger partial charge in [-0.3, -0.25) is 0 Å². The Morgan fingerprint density at radius 2 is 2.13 bits per heavy atom. The molecule has 0 saturated heterocycles.